The largest absolute Gasteiger partial charge is 0.490 e. The first-order valence-corrected chi connectivity index (χ1v) is 8.66. The number of carbonyl (C=O) groups excluding carboxylic acids is 1. The van der Waals surface area contributed by atoms with Gasteiger partial charge in [-0.3, -0.25) is 4.79 Å². The molecule has 1 aromatic carbocycles. The first kappa shape index (κ1) is 21.3. The van der Waals surface area contributed by atoms with E-state index in [-0.39, 0.29) is 5.91 Å². The van der Waals surface area contributed by atoms with E-state index in [0.29, 0.717) is 13.0 Å². The SMILES string of the molecule is Cc1ncc(CCNC(=O)Cc2ccc3nsnc3c2)[nH]1.O=C(O)C(F)(F)F. The predicted octanol–water partition coefficient (Wildman–Crippen LogP) is 2.26. The van der Waals surface area contributed by atoms with Crippen molar-refractivity contribution in [3.63, 3.8) is 0 Å². The highest BCUT2D eigenvalue weighted by atomic mass is 32.1. The van der Waals surface area contributed by atoms with Crippen molar-refractivity contribution in [3.05, 3.63) is 41.5 Å². The number of benzene rings is 1. The number of nitrogens with zero attached hydrogens (tertiary/aromatic N) is 3. The summed E-state index contributed by atoms with van der Waals surface area (Å²) in [7, 11) is 0. The molecule has 0 radical (unpaired) electrons. The number of nitrogens with one attached hydrogen (secondary N) is 2. The lowest BCUT2D eigenvalue weighted by molar-refractivity contribution is -0.192. The van der Waals surface area contributed by atoms with E-state index >= 15 is 0 Å². The third-order valence-corrected chi connectivity index (χ3v) is 3.95. The fourth-order valence-electron chi connectivity index (χ4n) is 2.12. The standard InChI is InChI=1S/C14H15N5OS.C2HF3O2/c1-9-16-8-11(17-9)4-5-15-14(20)7-10-2-3-12-13(6-10)19-21-18-12;3-2(4,5)1(6)7/h2-3,6,8H,4-5,7H2,1H3,(H,15,20)(H,16,17);(H,6,7). The molecule has 0 aliphatic heterocycles. The van der Waals surface area contributed by atoms with Crippen LogP contribution in [-0.2, 0) is 22.4 Å². The Hall–Kier alpha value is -3.02. The van der Waals surface area contributed by atoms with Crippen molar-refractivity contribution >= 4 is 34.6 Å². The van der Waals surface area contributed by atoms with E-state index < -0.39 is 12.1 Å². The zero-order valence-electron chi connectivity index (χ0n) is 14.6. The molecule has 0 saturated heterocycles. The second-order valence-electron chi connectivity index (χ2n) is 5.66. The maximum atomic E-state index is 11.9. The van der Waals surface area contributed by atoms with Crippen molar-refractivity contribution in [1.29, 1.82) is 0 Å². The number of halogens is 3. The van der Waals surface area contributed by atoms with Crippen LogP contribution in [0.2, 0.25) is 0 Å². The smallest absolute Gasteiger partial charge is 0.475 e. The van der Waals surface area contributed by atoms with Gasteiger partial charge in [-0.25, -0.2) is 9.78 Å². The second-order valence-corrected chi connectivity index (χ2v) is 6.19. The van der Waals surface area contributed by atoms with Gasteiger partial charge in [0.05, 0.1) is 18.1 Å². The van der Waals surface area contributed by atoms with Gasteiger partial charge in [0.15, 0.2) is 0 Å². The number of amides is 1. The topological polar surface area (TPSA) is 121 Å². The average Bonchev–Trinajstić information content (AvgIpc) is 3.23. The molecule has 0 bridgehead atoms. The number of aromatic nitrogens is 4. The molecule has 0 saturated carbocycles. The summed E-state index contributed by atoms with van der Waals surface area (Å²) in [5, 5.41) is 10.0. The van der Waals surface area contributed by atoms with Gasteiger partial charge in [0.1, 0.15) is 16.9 Å². The van der Waals surface area contributed by atoms with Crippen molar-refractivity contribution in [2.24, 2.45) is 0 Å². The van der Waals surface area contributed by atoms with Crippen LogP contribution in [0.25, 0.3) is 11.0 Å². The molecule has 2 aromatic heterocycles. The van der Waals surface area contributed by atoms with Gasteiger partial charge < -0.3 is 15.4 Å². The van der Waals surface area contributed by atoms with Gasteiger partial charge in [0.2, 0.25) is 5.91 Å². The highest BCUT2D eigenvalue weighted by Crippen LogP contribution is 2.14. The molecule has 3 aromatic rings. The first-order chi connectivity index (χ1) is 13.1. The van der Waals surface area contributed by atoms with Gasteiger partial charge in [0.25, 0.3) is 0 Å². The number of fused-ring (bicyclic) bond motifs is 1. The molecule has 28 heavy (non-hydrogen) atoms. The molecule has 0 fully saturated rings. The second kappa shape index (κ2) is 9.26. The van der Waals surface area contributed by atoms with E-state index in [2.05, 4.69) is 24.0 Å². The van der Waals surface area contributed by atoms with Gasteiger partial charge in [-0.1, -0.05) is 6.07 Å². The summed E-state index contributed by atoms with van der Waals surface area (Å²) in [6.07, 6.45) is -2.18. The number of hydrogen-bond donors (Lipinski definition) is 3. The Bertz CT molecular complexity index is 954. The van der Waals surface area contributed by atoms with E-state index in [9.17, 15) is 18.0 Å². The molecule has 3 rings (SSSR count). The van der Waals surface area contributed by atoms with Crippen LogP contribution in [0, 0.1) is 6.92 Å². The predicted molar refractivity (Wildman–Crippen MR) is 94.8 cm³/mol. The fourth-order valence-corrected chi connectivity index (χ4v) is 2.64. The van der Waals surface area contributed by atoms with E-state index in [1.165, 1.54) is 11.7 Å². The highest BCUT2D eigenvalue weighted by molar-refractivity contribution is 7.00. The number of carboxylic acid groups (broad SMARTS) is 1. The Morgan fingerprint density at radius 1 is 1.25 bits per heavy atom. The summed E-state index contributed by atoms with van der Waals surface area (Å²) in [6.45, 7) is 2.51. The van der Waals surface area contributed by atoms with Crippen LogP contribution in [0.3, 0.4) is 0 Å². The maximum absolute atomic E-state index is 11.9. The molecule has 0 aliphatic carbocycles. The van der Waals surface area contributed by atoms with E-state index in [1.807, 2.05) is 25.1 Å². The molecule has 12 heteroatoms. The summed E-state index contributed by atoms with van der Waals surface area (Å²) < 4.78 is 40.1. The number of carboxylic acids is 1. The van der Waals surface area contributed by atoms with Crippen LogP contribution in [0.15, 0.2) is 24.4 Å². The van der Waals surface area contributed by atoms with Crippen LogP contribution in [0.1, 0.15) is 17.1 Å². The van der Waals surface area contributed by atoms with Crippen molar-refractivity contribution in [2.75, 3.05) is 6.54 Å². The normalized spacial score (nSPS) is 11.0. The summed E-state index contributed by atoms with van der Waals surface area (Å²) >= 11 is 1.18. The number of rotatable bonds is 5. The first-order valence-electron chi connectivity index (χ1n) is 7.93. The minimum atomic E-state index is -5.08. The minimum absolute atomic E-state index is 0.00813. The van der Waals surface area contributed by atoms with Gasteiger partial charge in [-0.15, -0.1) is 0 Å². The third-order valence-electron chi connectivity index (χ3n) is 3.40. The van der Waals surface area contributed by atoms with Crippen molar-refractivity contribution < 1.29 is 27.9 Å². The lowest BCUT2D eigenvalue weighted by atomic mass is 10.1. The average molecular weight is 415 g/mol. The Balaban J connectivity index is 0.000000345. The number of aromatic amines is 1. The summed E-state index contributed by atoms with van der Waals surface area (Å²) in [5.41, 5.74) is 3.70. The number of aryl methyl sites for hydroxylation is 1. The molecule has 0 atom stereocenters. The number of carbonyl (C=O) groups is 2. The maximum Gasteiger partial charge on any atom is 0.490 e. The van der Waals surface area contributed by atoms with E-state index in [1.54, 1.807) is 6.20 Å². The van der Waals surface area contributed by atoms with Crippen LogP contribution in [0.4, 0.5) is 13.2 Å². The minimum Gasteiger partial charge on any atom is -0.475 e. The molecule has 0 spiro atoms. The molecular weight excluding hydrogens is 399 g/mol. The number of imidazole rings is 1. The highest BCUT2D eigenvalue weighted by Gasteiger charge is 2.38. The Morgan fingerprint density at radius 3 is 2.54 bits per heavy atom. The Kier molecular flexibility index (Phi) is 7.04. The summed E-state index contributed by atoms with van der Waals surface area (Å²) in [6, 6.07) is 5.73. The molecular formula is C16H16F3N5O3S. The van der Waals surface area contributed by atoms with Crippen molar-refractivity contribution in [1.82, 2.24) is 24.0 Å². The molecule has 2 heterocycles. The van der Waals surface area contributed by atoms with Gasteiger partial charge in [-0.05, 0) is 24.6 Å². The number of alkyl halides is 3. The zero-order chi connectivity index (χ0) is 20.7. The van der Waals surface area contributed by atoms with Gasteiger partial charge in [0, 0.05) is 24.9 Å². The monoisotopic (exact) mass is 415 g/mol. The molecule has 0 unspecified atom stereocenters. The Morgan fingerprint density at radius 2 is 1.93 bits per heavy atom. The summed E-state index contributed by atoms with van der Waals surface area (Å²) in [5.74, 6) is -1.86. The number of hydrogen-bond acceptors (Lipinski definition) is 6. The van der Waals surface area contributed by atoms with Crippen molar-refractivity contribution in [2.45, 2.75) is 25.9 Å². The van der Waals surface area contributed by atoms with E-state index in [4.69, 9.17) is 9.90 Å². The lowest BCUT2D eigenvalue weighted by Crippen LogP contribution is -2.27. The third kappa shape index (κ3) is 6.61. The van der Waals surface area contributed by atoms with Crippen LogP contribution < -0.4 is 5.32 Å². The Labute approximate surface area is 161 Å². The van der Waals surface area contributed by atoms with Gasteiger partial charge >= 0.3 is 12.1 Å². The fraction of sp³-hybridized carbons (Fsp3) is 0.312. The molecule has 150 valence electrons. The molecule has 1 amide bonds. The van der Waals surface area contributed by atoms with Crippen LogP contribution in [0.5, 0.6) is 0 Å². The number of H-pyrrole nitrogens is 1. The zero-order valence-corrected chi connectivity index (χ0v) is 15.4. The van der Waals surface area contributed by atoms with E-state index in [0.717, 1.165) is 34.5 Å². The summed E-state index contributed by atoms with van der Waals surface area (Å²) in [4.78, 5) is 28.1. The number of aliphatic carboxylic acids is 1. The lowest BCUT2D eigenvalue weighted by Gasteiger charge is -2.04. The van der Waals surface area contributed by atoms with Gasteiger partial charge in [-0.2, -0.15) is 21.9 Å². The molecule has 8 nitrogen and oxygen atoms in total. The van der Waals surface area contributed by atoms with Crippen LogP contribution in [-0.4, -0.2) is 48.4 Å². The van der Waals surface area contributed by atoms with Crippen molar-refractivity contribution in [3.8, 4) is 0 Å². The van der Waals surface area contributed by atoms with Crippen LogP contribution >= 0.6 is 11.7 Å². The molecule has 0 aliphatic rings. The quantitative estimate of drug-likeness (QED) is 0.588. The molecule has 3 N–H and O–H groups in total.